The first-order valence-electron chi connectivity index (χ1n) is 14.1. The summed E-state index contributed by atoms with van der Waals surface area (Å²) in [7, 11) is 0. The van der Waals surface area contributed by atoms with E-state index in [1.54, 1.807) is 0 Å². The molecule has 196 valence electrons. The van der Waals surface area contributed by atoms with E-state index in [4.69, 9.17) is 0 Å². The van der Waals surface area contributed by atoms with E-state index in [1.165, 1.54) is 0 Å². The molecule has 0 amide bonds. The number of fused-ring (bicyclic) bond motifs is 4. The van der Waals surface area contributed by atoms with E-state index in [1.807, 2.05) is 6.92 Å². The topological polar surface area (TPSA) is 98.0 Å². The third-order valence-corrected chi connectivity index (χ3v) is 14.0. The number of carbonyl (C=O) groups is 1. The summed E-state index contributed by atoms with van der Waals surface area (Å²) in [4.78, 5) is 12.9. The van der Waals surface area contributed by atoms with E-state index in [0.717, 1.165) is 32.1 Å². The van der Waals surface area contributed by atoms with Crippen LogP contribution in [0.2, 0.25) is 0 Å². The highest BCUT2D eigenvalue weighted by molar-refractivity contribution is 5.77. The van der Waals surface area contributed by atoms with E-state index in [0.29, 0.717) is 25.2 Å². The van der Waals surface area contributed by atoms with Crippen LogP contribution in [-0.4, -0.2) is 44.2 Å². The van der Waals surface area contributed by atoms with Crippen LogP contribution >= 0.6 is 0 Å². The Hall–Kier alpha value is -0.910. The zero-order valence-corrected chi connectivity index (χ0v) is 22.5. The molecule has 0 aromatic heterocycles. The van der Waals surface area contributed by atoms with Gasteiger partial charge in [0.25, 0.3) is 0 Å². The van der Waals surface area contributed by atoms with Gasteiger partial charge in [0.15, 0.2) is 0 Å². The van der Waals surface area contributed by atoms with Crippen molar-refractivity contribution in [1.82, 2.24) is 0 Å². The maximum Gasteiger partial charge on any atom is 0.310 e. The SMILES string of the molecule is C[C@@H]1CC[C@]2(C(=O)O)CC[C@]34CC3(C=C[C@@H]3[C@@]5(C)C[C@@H](O)[C@@H](O)C(C)(C)[C@@H]5CC[C@]34C)[C@@H]2[C@]1(C)O. The van der Waals surface area contributed by atoms with Gasteiger partial charge in [0, 0.05) is 11.3 Å². The molecular weight excluding hydrogens is 440 g/mol. The van der Waals surface area contributed by atoms with Gasteiger partial charge in [-0.3, -0.25) is 4.79 Å². The first kappa shape index (κ1) is 24.4. The quantitative estimate of drug-likeness (QED) is 0.400. The molecule has 0 bridgehead atoms. The van der Waals surface area contributed by atoms with Gasteiger partial charge in [-0.2, -0.15) is 0 Å². The Kier molecular flexibility index (Phi) is 4.58. The molecule has 35 heavy (non-hydrogen) atoms. The van der Waals surface area contributed by atoms with Crippen LogP contribution in [0.5, 0.6) is 0 Å². The molecule has 6 rings (SSSR count). The van der Waals surface area contributed by atoms with Crippen molar-refractivity contribution in [3.05, 3.63) is 12.2 Å². The highest BCUT2D eigenvalue weighted by Crippen LogP contribution is 2.90. The molecule has 5 saturated carbocycles. The highest BCUT2D eigenvalue weighted by atomic mass is 16.4. The zero-order valence-electron chi connectivity index (χ0n) is 22.5. The molecule has 0 radical (unpaired) electrons. The first-order chi connectivity index (χ1) is 16.1. The van der Waals surface area contributed by atoms with E-state index in [-0.39, 0.29) is 44.8 Å². The summed E-state index contributed by atoms with van der Waals surface area (Å²) in [6, 6.07) is 0. The smallest absolute Gasteiger partial charge is 0.310 e. The van der Waals surface area contributed by atoms with Crippen LogP contribution in [0.1, 0.15) is 92.9 Å². The predicted molar refractivity (Wildman–Crippen MR) is 133 cm³/mol. The number of carboxylic acids is 1. The lowest BCUT2D eigenvalue weighted by molar-refractivity contribution is -0.235. The number of carboxylic acid groups (broad SMARTS) is 1. The number of aliphatic carboxylic acids is 1. The molecular formula is C30H46O5. The molecule has 0 aliphatic heterocycles. The average molecular weight is 487 g/mol. The number of hydrogen-bond donors (Lipinski definition) is 4. The largest absolute Gasteiger partial charge is 0.481 e. The van der Waals surface area contributed by atoms with Gasteiger partial charge in [-0.25, -0.2) is 0 Å². The van der Waals surface area contributed by atoms with E-state index >= 15 is 0 Å². The molecule has 0 aromatic rings. The molecule has 0 spiro atoms. The van der Waals surface area contributed by atoms with E-state index in [2.05, 4.69) is 46.8 Å². The van der Waals surface area contributed by atoms with Crippen molar-refractivity contribution in [2.45, 2.75) is 111 Å². The number of allylic oxidation sites excluding steroid dienone is 2. The maximum absolute atomic E-state index is 12.9. The van der Waals surface area contributed by atoms with Gasteiger partial charge in [-0.05, 0) is 97.7 Å². The van der Waals surface area contributed by atoms with Gasteiger partial charge in [0.1, 0.15) is 0 Å². The lowest BCUT2D eigenvalue weighted by Crippen LogP contribution is -2.67. The van der Waals surface area contributed by atoms with Gasteiger partial charge in [0.2, 0.25) is 0 Å². The molecule has 5 heteroatoms. The molecule has 0 saturated heterocycles. The predicted octanol–water partition coefficient (Wildman–Crippen LogP) is 4.79. The monoisotopic (exact) mass is 486 g/mol. The van der Waals surface area contributed by atoms with Crippen LogP contribution in [0.3, 0.4) is 0 Å². The normalized spacial score (nSPS) is 62.0. The minimum Gasteiger partial charge on any atom is -0.481 e. The molecule has 5 nitrogen and oxygen atoms in total. The Morgan fingerprint density at radius 3 is 2.31 bits per heavy atom. The van der Waals surface area contributed by atoms with Crippen molar-refractivity contribution < 1.29 is 25.2 Å². The molecule has 6 aliphatic rings. The van der Waals surface area contributed by atoms with Crippen molar-refractivity contribution in [1.29, 1.82) is 0 Å². The third kappa shape index (κ3) is 2.41. The van der Waals surface area contributed by atoms with Gasteiger partial charge < -0.3 is 20.4 Å². The molecule has 6 aliphatic carbocycles. The van der Waals surface area contributed by atoms with E-state index in [9.17, 15) is 25.2 Å². The molecule has 0 aromatic carbocycles. The fraction of sp³-hybridized carbons (Fsp3) is 0.900. The lowest BCUT2D eigenvalue weighted by atomic mass is 9.36. The van der Waals surface area contributed by atoms with Crippen molar-refractivity contribution >= 4 is 5.97 Å². The van der Waals surface area contributed by atoms with Crippen molar-refractivity contribution in [2.24, 2.45) is 56.2 Å². The molecule has 4 N–H and O–H groups in total. The minimum atomic E-state index is -1.01. The van der Waals surface area contributed by atoms with E-state index < -0.39 is 29.2 Å². The molecule has 12 atom stereocenters. The Morgan fingerprint density at radius 1 is 0.971 bits per heavy atom. The van der Waals surface area contributed by atoms with Gasteiger partial charge in [-0.15, -0.1) is 0 Å². The Balaban J connectivity index is 1.50. The van der Waals surface area contributed by atoms with Crippen LogP contribution in [-0.2, 0) is 4.79 Å². The summed E-state index contributed by atoms with van der Waals surface area (Å²) in [5.74, 6) is -0.319. The standard InChI is InChI=1S/C30H46O5/c1-17-7-11-28(23(33)34)13-14-30-16-29(30,22(28)27(17,6)35)12-9-20-25(4)15-18(31)21(32)24(2,3)19(25)8-10-26(20,30)5/h9,12,17-22,31-32,35H,7-8,10-11,13-16H2,1-6H3,(H,33,34)/t17-,18-,19+,20-,21-,22-,25+,26-,27-,28+,29?,30-/m1/s1. The van der Waals surface area contributed by atoms with Crippen LogP contribution in [0.4, 0.5) is 0 Å². The number of hydrogen-bond acceptors (Lipinski definition) is 4. The summed E-state index contributed by atoms with van der Waals surface area (Å²) < 4.78 is 0. The average Bonchev–Trinajstić information content (AvgIpc) is 3.45. The molecule has 1 unspecified atom stereocenters. The fourth-order valence-electron chi connectivity index (χ4n) is 12.2. The van der Waals surface area contributed by atoms with Gasteiger partial charge in [-0.1, -0.05) is 46.8 Å². The van der Waals surface area contributed by atoms with Crippen molar-refractivity contribution in [3.8, 4) is 0 Å². The van der Waals surface area contributed by atoms with Crippen LogP contribution < -0.4 is 0 Å². The van der Waals surface area contributed by atoms with Crippen molar-refractivity contribution in [3.63, 3.8) is 0 Å². The summed E-state index contributed by atoms with van der Waals surface area (Å²) in [6.07, 6.45) is 9.97. The lowest BCUT2D eigenvalue weighted by Gasteiger charge is -2.69. The fourth-order valence-corrected chi connectivity index (χ4v) is 12.2. The third-order valence-electron chi connectivity index (χ3n) is 14.0. The van der Waals surface area contributed by atoms with Crippen LogP contribution in [0.25, 0.3) is 0 Å². The Morgan fingerprint density at radius 2 is 1.66 bits per heavy atom. The number of aliphatic hydroxyl groups is 3. The molecule has 5 fully saturated rings. The second-order valence-corrected chi connectivity index (χ2v) is 15.2. The van der Waals surface area contributed by atoms with Crippen molar-refractivity contribution in [2.75, 3.05) is 0 Å². The molecule has 0 heterocycles. The van der Waals surface area contributed by atoms with Gasteiger partial charge in [0.05, 0.1) is 23.2 Å². The summed E-state index contributed by atoms with van der Waals surface area (Å²) >= 11 is 0. The second-order valence-electron chi connectivity index (χ2n) is 15.2. The summed E-state index contributed by atoms with van der Waals surface area (Å²) in [6.45, 7) is 13.1. The Labute approximate surface area is 210 Å². The van der Waals surface area contributed by atoms with Crippen LogP contribution in [0, 0.1) is 56.2 Å². The summed E-state index contributed by atoms with van der Waals surface area (Å²) in [5, 5.41) is 44.4. The maximum atomic E-state index is 12.9. The Bertz CT molecular complexity index is 1000. The summed E-state index contributed by atoms with van der Waals surface area (Å²) in [5.41, 5.74) is -2.61. The minimum absolute atomic E-state index is 0.00320. The van der Waals surface area contributed by atoms with Crippen LogP contribution in [0.15, 0.2) is 12.2 Å². The van der Waals surface area contributed by atoms with Gasteiger partial charge >= 0.3 is 5.97 Å². The second kappa shape index (κ2) is 6.56. The first-order valence-corrected chi connectivity index (χ1v) is 14.1. The number of aliphatic hydroxyl groups excluding tert-OH is 2. The zero-order chi connectivity index (χ0) is 25.6. The number of rotatable bonds is 1. The highest BCUT2D eigenvalue weighted by Gasteiger charge is 2.86.